The summed E-state index contributed by atoms with van der Waals surface area (Å²) < 4.78 is 5.25. The Balaban J connectivity index is 1.97. The molecule has 1 saturated carbocycles. The highest BCUT2D eigenvalue weighted by atomic mass is 16.5. The normalized spacial score (nSPS) is 17.4. The van der Waals surface area contributed by atoms with E-state index in [1.54, 1.807) is 7.11 Å². The highest BCUT2D eigenvalue weighted by Crippen LogP contribution is 2.27. The van der Waals surface area contributed by atoms with Crippen LogP contribution in [-0.4, -0.2) is 18.6 Å². The minimum absolute atomic E-state index is 0.0501. The summed E-state index contributed by atoms with van der Waals surface area (Å²) in [5.74, 6) is 0.737. The van der Waals surface area contributed by atoms with Gasteiger partial charge in [-0.3, -0.25) is 4.79 Å². The molecular formula is C14H20N2O2. The van der Waals surface area contributed by atoms with Crippen molar-refractivity contribution in [3.63, 3.8) is 0 Å². The second-order valence-corrected chi connectivity index (χ2v) is 4.86. The molecule has 18 heavy (non-hydrogen) atoms. The first-order chi connectivity index (χ1) is 8.65. The lowest BCUT2D eigenvalue weighted by Gasteiger charge is -2.22. The highest BCUT2D eigenvalue weighted by Gasteiger charge is 2.36. The molecule has 1 aliphatic rings. The Morgan fingerprint density at radius 1 is 1.39 bits per heavy atom. The van der Waals surface area contributed by atoms with Crippen molar-refractivity contribution in [2.45, 2.75) is 37.8 Å². The molecule has 0 heterocycles. The molecule has 1 amide bonds. The Morgan fingerprint density at radius 3 is 2.72 bits per heavy atom. The Hall–Kier alpha value is -1.55. The second kappa shape index (κ2) is 5.40. The van der Waals surface area contributed by atoms with E-state index in [2.05, 4.69) is 5.32 Å². The number of carbonyl (C=O) groups is 1. The Morgan fingerprint density at radius 2 is 2.06 bits per heavy atom. The maximum absolute atomic E-state index is 12.1. The largest absolute Gasteiger partial charge is 0.496 e. The lowest BCUT2D eigenvalue weighted by molar-refractivity contribution is -0.126. The van der Waals surface area contributed by atoms with Crippen LogP contribution in [0.3, 0.4) is 0 Å². The van der Waals surface area contributed by atoms with Gasteiger partial charge in [-0.05, 0) is 18.9 Å². The molecule has 3 N–H and O–H groups in total. The van der Waals surface area contributed by atoms with E-state index in [1.165, 1.54) is 0 Å². The van der Waals surface area contributed by atoms with Gasteiger partial charge in [0.1, 0.15) is 5.75 Å². The number of carbonyl (C=O) groups excluding carboxylic acids is 1. The highest BCUT2D eigenvalue weighted by molar-refractivity contribution is 5.86. The number of amides is 1. The van der Waals surface area contributed by atoms with Gasteiger partial charge in [0.2, 0.25) is 5.91 Å². The molecule has 1 aromatic carbocycles. The zero-order valence-corrected chi connectivity index (χ0v) is 10.7. The average molecular weight is 248 g/mol. The maximum atomic E-state index is 12.1. The van der Waals surface area contributed by atoms with Gasteiger partial charge in [-0.2, -0.15) is 0 Å². The first kappa shape index (κ1) is 12.9. The van der Waals surface area contributed by atoms with Crippen molar-refractivity contribution >= 4 is 5.91 Å². The van der Waals surface area contributed by atoms with E-state index in [0.29, 0.717) is 6.54 Å². The summed E-state index contributed by atoms with van der Waals surface area (Å²) in [6, 6.07) is 7.66. The summed E-state index contributed by atoms with van der Waals surface area (Å²) in [7, 11) is 1.63. The zero-order chi connectivity index (χ0) is 13.0. The number of nitrogens with two attached hydrogens (primary N) is 1. The summed E-state index contributed by atoms with van der Waals surface area (Å²) >= 11 is 0. The SMILES string of the molecule is COc1ccccc1CNC(=O)C1(N)CCCC1. The number of para-hydroxylation sites is 1. The number of methoxy groups -OCH3 is 1. The molecule has 1 aliphatic carbocycles. The van der Waals surface area contributed by atoms with Crippen molar-refractivity contribution < 1.29 is 9.53 Å². The van der Waals surface area contributed by atoms with Crippen LogP contribution in [0.1, 0.15) is 31.2 Å². The van der Waals surface area contributed by atoms with Gasteiger partial charge in [0, 0.05) is 12.1 Å². The molecule has 2 rings (SSSR count). The predicted octanol–water partition coefficient (Wildman–Crippen LogP) is 1.58. The Bertz CT molecular complexity index is 426. The predicted molar refractivity (Wildman–Crippen MR) is 70.2 cm³/mol. The van der Waals surface area contributed by atoms with E-state index in [1.807, 2.05) is 24.3 Å². The molecule has 0 unspecified atom stereocenters. The van der Waals surface area contributed by atoms with Gasteiger partial charge in [0.15, 0.2) is 0 Å². The van der Waals surface area contributed by atoms with Crippen molar-refractivity contribution in [2.75, 3.05) is 7.11 Å². The van der Waals surface area contributed by atoms with E-state index in [4.69, 9.17) is 10.5 Å². The molecule has 0 radical (unpaired) electrons. The lowest BCUT2D eigenvalue weighted by Crippen LogP contribution is -2.51. The van der Waals surface area contributed by atoms with E-state index in [-0.39, 0.29) is 5.91 Å². The molecule has 0 saturated heterocycles. The van der Waals surface area contributed by atoms with Crippen molar-refractivity contribution in [1.29, 1.82) is 0 Å². The number of benzene rings is 1. The summed E-state index contributed by atoms with van der Waals surface area (Å²) in [5, 5.41) is 2.91. The van der Waals surface area contributed by atoms with Gasteiger partial charge in [-0.1, -0.05) is 31.0 Å². The van der Waals surface area contributed by atoms with Crippen LogP contribution in [-0.2, 0) is 11.3 Å². The van der Waals surface area contributed by atoms with Crippen LogP contribution in [0.15, 0.2) is 24.3 Å². The third-order valence-electron chi connectivity index (χ3n) is 3.58. The molecule has 4 heteroatoms. The van der Waals surface area contributed by atoms with Crippen LogP contribution < -0.4 is 15.8 Å². The van der Waals surface area contributed by atoms with Crippen LogP contribution >= 0.6 is 0 Å². The van der Waals surface area contributed by atoms with E-state index in [0.717, 1.165) is 37.0 Å². The fourth-order valence-corrected chi connectivity index (χ4v) is 2.43. The van der Waals surface area contributed by atoms with Gasteiger partial charge in [0.05, 0.1) is 12.6 Å². The molecular weight excluding hydrogens is 228 g/mol. The van der Waals surface area contributed by atoms with E-state index in [9.17, 15) is 4.79 Å². The van der Waals surface area contributed by atoms with Gasteiger partial charge < -0.3 is 15.8 Å². The Labute approximate surface area is 108 Å². The van der Waals surface area contributed by atoms with Crippen LogP contribution in [0.2, 0.25) is 0 Å². The van der Waals surface area contributed by atoms with Gasteiger partial charge in [-0.15, -0.1) is 0 Å². The number of ether oxygens (including phenoxy) is 1. The third kappa shape index (κ3) is 2.64. The molecule has 0 atom stereocenters. The standard InChI is InChI=1S/C14H20N2O2/c1-18-12-7-3-2-6-11(12)10-16-13(17)14(15)8-4-5-9-14/h2-3,6-7H,4-5,8-10,15H2,1H3,(H,16,17). The lowest BCUT2D eigenvalue weighted by atomic mass is 9.98. The molecule has 0 aromatic heterocycles. The summed E-state index contributed by atoms with van der Waals surface area (Å²) in [6.07, 6.45) is 3.65. The summed E-state index contributed by atoms with van der Waals surface area (Å²) in [4.78, 5) is 12.1. The van der Waals surface area contributed by atoms with Crippen LogP contribution in [0.25, 0.3) is 0 Å². The second-order valence-electron chi connectivity index (χ2n) is 4.86. The molecule has 4 nitrogen and oxygen atoms in total. The van der Waals surface area contributed by atoms with Crippen molar-refractivity contribution in [1.82, 2.24) is 5.32 Å². The number of hydrogen-bond acceptors (Lipinski definition) is 3. The van der Waals surface area contributed by atoms with Crippen molar-refractivity contribution in [3.8, 4) is 5.75 Å². The van der Waals surface area contributed by atoms with Crippen molar-refractivity contribution in [3.05, 3.63) is 29.8 Å². The van der Waals surface area contributed by atoms with E-state index < -0.39 is 5.54 Å². The average Bonchev–Trinajstić information content (AvgIpc) is 2.84. The van der Waals surface area contributed by atoms with Gasteiger partial charge in [0.25, 0.3) is 0 Å². The summed E-state index contributed by atoms with van der Waals surface area (Å²) in [5.41, 5.74) is 6.40. The molecule has 0 aliphatic heterocycles. The van der Waals surface area contributed by atoms with Crippen LogP contribution in [0.4, 0.5) is 0 Å². The Kier molecular flexibility index (Phi) is 3.87. The molecule has 98 valence electrons. The van der Waals surface area contributed by atoms with Crippen LogP contribution in [0, 0.1) is 0 Å². The topological polar surface area (TPSA) is 64.3 Å². The van der Waals surface area contributed by atoms with Gasteiger partial charge >= 0.3 is 0 Å². The quantitative estimate of drug-likeness (QED) is 0.850. The fraction of sp³-hybridized carbons (Fsp3) is 0.500. The first-order valence-corrected chi connectivity index (χ1v) is 6.35. The number of hydrogen-bond donors (Lipinski definition) is 2. The monoisotopic (exact) mass is 248 g/mol. The van der Waals surface area contributed by atoms with E-state index >= 15 is 0 Å². The number of nitrogens with one attached hydrogen (secondary N) is 1. The van der Waals surface area contributed by atoms with Crippen LogP contribution in [0.5, 0.6) is 5.75 Å². The number of rotatable bonds is 4. The van der Waals surface area contributed by atoms with Gasteiger partial charge in [-0.25, -0.2) is 0 Å². The molecule has 1 fully saturated rings. The van der Waals surface area contributed by atoms with Crippen molar-refractivity contribution in [2.24, 2.45) is 5.73 Å². The smallest absolute Gasteiger partial charge is 0.240 e. The zero-order valence-electron chi connectivity index (χ0n) is 10.7. The maximum Gasteiger partial charge on any atom is 0.240 e. The third-order valence-corrected chi connectivity index (χ3v) is 3.58. The minimum atomic E-state index is -0.665. The fourth-order valence-electron chi connectivity index (χ4n) is 2.43. The first-order valence-electron chi connectivity index (χ1n) is 6.35. The summed E-state index contributed by atoms with van der Waals surface area (Å²) in [6.45, 7) is 0.460. The molecule has 0 bridgehead atoms. The molecule has 1 aromatic rings. The minimum Gasteiger partial charge on any atom is -0.496 e. The molecule has 0 spiro atoms.